The van der Waals surface area contributed by atoms with Gasteiger partial charge in [-0.25, -0.2) is 0 Å². The lowest BCUT2D eigenvalue weighted by molar-refractivity contribution is -0.133. The highest BCUT2D eigenvalue weighted by Gasteiger charge is 2.33. The van der Waals surface area contributed by atoms with Crippen molar-refractivity contribution in [1.82, 2.24) is 14.9 Å². The van der Waals surface area contributed by atoms with E-state index in [0.717, 1.165) is 12.8 Å². The number of hydrogen-bond donors (Lipinski definition) is 2. The van der Waals surface area contributed by atoms with Crippen molar-refractivity contribution in [3.05, 3.63) is 51.8 Å². The lowest BCUT2D eigenvalue weighted by Gasteiger charge is -2.36. The van der Waals surface area contributed by atoms with Crippen LogP contribution in [0, 0.1) is 0 Å². The summed E-state index contributed by atoms with van der Waals surface area (Å²) in [6.45, 7) is 2.56. The van der Waals surface area contributed by atoms with Gasteiger partial charge in [-0.3, -0.25) is 14.6 Å². The van der Waals surface area contributed by atoms with E-state index in [2.05, 4.69) is 22.1 Å². The van der Waals surface area contributed by atoms with Crippen LogP contribution in [0.15, 0.2) is 35.1 Å². The van der Waals surface area contributed by atoms with Crippen LogP contribution in [0.5, 0.6) is 0 Å². The molecule has 2 heterocycles. The molecule has 1 fully saturated rings. The highest BCUT2D eigenvalue weighted by atomic mass is 16.2. The van der Waals surface area contributed by atoms with E-state index in [1.165, 1.54) is 17.2 Å². The van der Waals surface area contributed by atoms with Crippen molar-refractivity contribution in [2.24, 2.45) is 0 Å². The zero-order chi connectivity index (χ0) is 17.4. The number of aromatic amines is 1. The number of amides is 1. The van der Waals surface area contributed by atoms with E-state index in [4.69, 9.17) is 5.73 Å². The molecule has 1 saturated heterocycles. The number of nitrogens with one attached hydrogen (secondary N) is 1. The highest BCUT2D eigenvalue weighted by molar-refractivity contribution is 5.85. The van der Waals surface area contributed by atoms with Crippen LogP contribution >= 0.6 is 0 Å². The number of piperazine rings is 1. The van der Waals surface area contributed by atoms with Gasteiger partial charge in [0.15, 0.2) is 0 Å². The summed E-state index contributed by atoms with van der Waals surface area (Å²) in [5.74, 6) is 0.877. The average molecular weight is 339 g/mol. The van der Waals surface area contributed by atoms with E-state index in [-0.39, 0.29) is 23.3 Å². The number of carbonyl (C=O) groups is 1. The summed E-state index contributed by atoms with van der Waals surface area (Å²) in [5.41, 5.74) is 7.82. The van der Waals surface area contributed by atoms with Gasteiger partial charge in [-0.1, -0.05) is 24.3 Å². The minimum Gasteiger partial charge on any atom is -0.369 e. The molecule has 0 radical (unpaired) electrons. The Bertz CT molecular complexity index is 855. The standard InChI is InChI=1S/C18H21N5O2/c19-18-20-15(11-16(24)21-18)22-7-9-23(10-8-22)17(25)14-6-5-12-3-1-2-4-13(12)14/h1-4,11,14H,5-10H2,(H3,19,20,21,24)/t14-/m0/s1. The summed E-state index contributed by atoms with van der Waals surface area (Å²) < 4.78 is 0. The minimum atomic E-state index is -0.261. The van der Waals surface area contributed by atoms with Crippen LogP contribution in [-0.4, -0.2) is 47.0 Å². The summed E-state index contributed by atoms with van der Waals surface area (Å²) in [6.07, 6.45) is 1.87. The third kappa shape index (κ3) is 2.97. The van der Waals surface area contributed by atoms with Gasteiger partial charge in [0.1, 0.15) is 5.82 Å². The van der Waals surface area contributed by atoms with Gasteiger partial charge in [-0.15, -0.1) is 0 Å². The van der Waals surface area contributed by atoms with Gasteiger partial charge in [0.2, 0.25) is 11.9 Å². The second kappa shape index (κ2) is 6.23. The monoisotopic (exact) mass is 339 g/mol. The Labute approximate surface area is 145 Å². The molecule has 25 heavy (non-hydrogen) atoms. The minimum absolute atomic E-state index is 0.0175. The second-order valence-electron chi connectivity index (χ2n) is 6.59. The molecule has 1 aliphatic carbocycles. The first-order chi connectivity index (χ1) is 12.1. The maximum atomic E-state index is 12.9. The van der Waals surface area contributed by atoms with Gasteiger partial charge in [0, 0.05) is 32.2 Å². The Morgan fingerprint density at radius 1 is 1.20 bits per heavy atom. The van der Waals surface area contributed by atoms with E-state index in [9.17, 15) is 9.59 Å². The molecule has 2 aliphatic rings. The number of aryl methyl sites for hydroxylation is 1. The smallest absolute Gasteiger partial charge is 0.254 e. The number of nitrogens with zero attached hydrogens (tertiary/aromatic N) is 3. The van der Waals surface area contributed by atoms with Gasteiger partial charge in [0.05, 0.1) is 5.92 Å². The molecule has 1 aromatic carbocycles. The van der Waals surface area contributed by atoms with Crippen molar-refractivity contribution in [2.45, 2.75) is 18.8 Å². The van der Waals surface area contributed by atoms with Crippen molar-refractivity contribution in [2.75, 3.05) is 36.8 Å². The molecule has 2 aromatic rings. The molecule has 3 N–H and O–H groups in total. The first-order valence-electron chi connectivity index (χ1n) is 8.60. The van der Waals surface area contributed by atoms with Gasteiger partial charge in [-0.2, -0.15) is 4.98 Å². The highest BCUT2D eigenvalue weighted by Crippen LogP contribution is 2.34. The zero-order valence-electron chi connectivity index (χ0n) is 13.9. The summed E-state index contributed by atoms with van der Waals surface area (Å²) in [6, 6.07) is 9.67. The number of H-pyrrole nitrogens is 1. The van der Waals surface area contributed by atoms with Crippen LogP contribution in [0.1, 0.15) is 23.5 Å². The lowest BCUT2D eigenvalue weighted by atomic mass is 9.99. The van der Waals surface area contributed by atoms with Crippen LogP contribution in [0.2, 0.25) is 0 Å². The molecule has 1 atom stereocenters. The summed E-state index contributed by atoms with van der Waals surface area (Å²) in [7, 11) is 0. The SMILES string of the molecule is Nc1nc(N2CCN(C(=O)[C@H]3CCc4ccccc43)CC2)cc(=O)[nH]1. The molecule has 7 nitrogen and oxygen atoms in total. The molecule has 130 valence electrons. The molecular weight excluding hydrogens is 318 g/mol. The Balaban J connectivity index is 1.44. The van der Waals surface area contributed by atoms with Crippen LogP contribution in [-0.2, 0) is 11.2 Å². The first kappa shape index (κ1) is 15.7. The van der Waals surface area contributed by atoms with E-state index in [1.807, 2.05) is 21.9 Å². The van der Waals surface area contributed by atoms with E-state index in [0.29, 0.717) is 32.0 Å². The van der Waals surface area contributed by atoms with Gasteiger partial charge < -0.3 is 15.5 Å². The van der Waals surface area contributed by atoms with Crippen molar-refractivity contribution >= 4 is 17.7 Å². The van der Waals surface area contributed by atoms with Crippen LogP contribution < -0.4 is 16.2 Å². The van der Waals surface area contributed by atoms with Gasteiger partial charge in [-0.05, 0) is 24.0 Å². The fourth-order valence-electron chi connectivity index (χ4n) is 3.82. The Hall–Kier alpha value is -2.83. The molecule has 1 aliphatic heterocycles. The molecule has 1 aromatic heterocycles. The third-order valence-corrected chi connectivity index (χ3v) is 5.09. The normalized spacial score (nSPS) is 19.8. The molecule has 0 spiro atoms. The largest absolute Gasteiger partial charge is 0.369 e. The number of hydrogen-bond acceptors (Lipinski definition) is 5. The number of nitrogen functional groups attached to an aromatic ring is 1. The number of nitrogens with two attached hydrogens (primary N) is 1. The van der Waals surface area contributed by atoms with E-state index in [1.54, 1.807) is 0 Å². The predicted molar refractivity (Wildman–Crippen MR) is 95.6 cm³/mol. The van der Waals surface area contributed by atoms with Crippen LogP contribution in [0.3, 0.4) is 0 Å². The third-order valence-electron chi connectivity index (χ3n) is 5.09. The average Bonchev–Trinajstić information content (AvgIpc) is 3.04. The predicted octanol–water partition coefficient (Wildman–Crippen LogP) is 0.731. The fraction of sp³-hybridized carbons (Fsp3) is 0.389. The maximum Gasteiger partial charge on any atom is 0.254 e. The van der Waals surface area contributed by atoms with E-state index < -0.39 is 0 Å². The number of carbonyl (C=O) groups excluding carboxylic acids is 1. The van der Waals surface area contributed by atoms with Crippen molar-refractivity contribution in [3.8, 4) is 0 Å². The van der Waals surface area contributed by atoms with E-state index >= 15 is 0 Å². The van der Waals surface area contributed by atoms with Crippen molar-refractivity contribution in [1.29, 1.82) is 0 Å². The maximum absolute atomic E-state index is 12.9. The summed E-state index contributed by atoms with van der Waals surface area (Å²) >= 11 is 0. The fourth-order valence-corrected chi connectivity index (χ4v) is 3.82. The molecule has 0 unspecified atom stereocenters. The van der Waals surface area contributed by atoms with Gasteiger partial charge >= 0.3 is 0 Å². The topological polar surface area (TPSA) is 95.3 Å². The van der Waals surface area contributed by atoms with Crippen molar-refractivity contribution in [3.63, 3.8) is 0 Å². The van der Waals surface area contributed by atoms with Crippen LogP contribution in [0.25, 0.3) is 0 Å². The molecule has 0 bridgehead atoms. The first-order valence-corrected chi connectivity index (χ1v) is 8.60. The summed E-state index contributed by atoms with van der Waals surface area (Å²) in [5, 5.41) is 0. The number of fused-ring (bicyclic) bond motifs is 1. The number of anilines is 2. The Morgan fingerprint density at radius 2 is 1.96 bits per heavy atom. The lowest BCUT2D eigenvalue weighted by Crippen LogP contribution is -2.50. The Morgan fingerprint density at radius 3 is 2.72 bits per heavy atom. The van der Waals surface area contributed by atoms with Crippen molar-refractivity contribution < 1.29 is 4.79 Å². The van der Waals surface area contributed by atoms with Crippen LogP contribution in [0.4, 0.5) is 11.8 Å². The summed E-state index contributed by atoms with van der Waals surface area (Å²) in [4.78, 5) is 35.0. The second-order valence-corrected chi connectivity index (χ2v) is 6.59. The number of aromatic nitrogens is 2. The molecule has 4 rings (SSSR count). The Kier molecular flexibility index (Phi) is 3.91. The molecule has 1 amide bonds. The van der Waals surface area contributed by atoms with Gasteiger partial charge in [0.25, 0.3) is 5.56 Å². The molecular formula is C18H21N5O2. The molecule has 0 saturated carbocycles. The zero-order valence-corrected chi connectivity index (χ0v) is 13.9. The number of rotatable bonds is 2. The molecule has 7 heteroatoms. The quantitative estimate of drug-likeness (QED) is 0.841. The number of benzene rings is 1.